The SMILES string of the molecule is CON(C)C(=O)c1ccc(C(C)N2CCCCC2)o1. The number of carbonyl (C=O) groups is 1. The van der Waals surface area contributed by atoms with Crippen molar-refractivity contribution in [2.45, 2.75) is 32.2 Å². The Hall–Kier alpha value is -1.33. The molecule has 1 aromatic heterocycles. The number of hydroxylamine groups is 2. The molecule has 0 bridgehead atoms. The normalized spacial score (nSPS) is 18.3. The minimum atomic E-state index is -0.264. The molecule has 5 heteroatoms. The van der Waals surface area contributed by atoms with E-state index in [1.807, 2.05) is 6.07 Å². The molecule has 1 unspecified atom stereocenters. The molecule has 0 aliphatic carbocycles. The first-order valence-corrected chi connectivity index (χ1v) is 6.79. The maximum Gasteiger partial charge on any atom is 0.312 e. The van der Waals surface area contributed by atoms with Crippen LogP contribution in [0.1, 0.15) is 48.5 Å². The van der Waals surface area contributed by atoms with Crippen LogP contribution >= 0.6 is 0 Å². The first kappa shape index (κ1) is 14.1. The van der Waals surface area contributed by atoms with Gasteiger partial charge >= 0.3 is 5.91 Å². The Morgan fingerprint density at radius 3 is 2.68 bits per heavy atom. The molecule has 1 aromatic rings. The molecule has 1 aliphatic heterocycles. The molecule has 1 saturated heterocycles. The lowest BCUT2D eigenvalue weighted by molar-refractivity contribution is -0.0774. The molecule has 2 heterocycles. The number of hydrogen-bond donors (Lipinski definition) is 0. The van der Waals surface area contributed by atoms with E-state index >= 15 is 0 Å². The fourth-order valence-electron chi connectivity index (χ4n) is 2.42. The summed E-state index contributed by atoms with van der Waals surface area (Å²) in [6.45, 7) is 4.32. The van der Waals surface area contributed by atoms with Crippen LogP contribution in [0, 0.1) is 0 Å². The molecule has 1 fully saturated rings. The quantitative estimate of drug-likeness (QED) is 0.785. The van der Waals surface area contributed by atoms with Crippen LogP contribution in [0.15, 0.2) is 16.5 Å². The summed E-state index contributed by atoms with van der Waals surface area (Å²) >= 11 is 0. The molecule has 0 N–H and O–H groups in total. The van der Waals surface area contributed by atoms with Crippen molar-refractivity contribution in [2.24, 2.45) is 0 Å². The van der Waals surface area contributed by atoms with Gasteiger partial charge in [-0.05, 0) is 45.0 Å². The van der Waals surface area contributed by atoms with Gasteiger partial charge in [0, 0.05) is 7.05 Å². The molecule has 1 atom stereocenters. The average Bonchev–Trinajstić information content (AvgIpc) is 2.95. The Balaban J connectivity index is 2.05. The van der Waals surface area contributed by atoms with Gasteiger partial charge in [0.05, 0.1) is 13.2 Å². The molecule has 0 radical (unpaired) electrons. The lowest BCUT2D eigenvalue weighted by atomic mass is 10.1. The summed E-state index contributed by atoms with van der Waals surface area (Å²) in [6.07, 6.45) is 3.79. The smallest absolute Gasteiger partial charge is 0.312 e. The fourth-order valence-corrected chi connectivity index (χ4v) is 2.42. The van der Waals surface area contributed by atoms with Gasteiger partial charge in [0.1, 0.15) is 5.76 Å². The van der Waals surface area contributed by atoms with Crippen LogP contribution < -0.4 is 0 Å². The van der Waals surface area contributed by atoms with Gasteiger partial charge in [-0.15, -0.1) is 0 Å². The first-order valence-electron chi connectivity index (χ1n) is 6.79. The molecule has 0 spiro atoms. The molecule has 1 amide bonds. The summed E-state index contributed by atoms with van der Waals surface area (Å²) in [4.78, 5) is 19.1. The van der Waals surface area contributed by atoms with E-state index in [0.717, 1.165) is 23.9 Å². The summed E-state index contributed by atoms with van der Waals surface area (Å²) in [5.41, 5.74) is 0. The molecule has 0 aromatic carbocycles. The minimum absolute atomic E-state index is 0.217. The third kappa shape index (κ3) is 3.16. The van der Waals surface area contributed by atoms with Crippen molar-refractivity contribution < 1.29 is 14.0 Å². The summed E-state index contributed by atoms with van der Waals surface area (Å²) in [5, 5.41) is 1.16. The summed E-state index contributed by atoms with van der Waals surface area (Å²) in [6, 6.07) is 3.82. The monoisotopic (exact) mass is 266 g/mol. The summed E-state index contributed by atoms with van der Waals surface area (Å²) in [5.74, 6) is 0.901. The lowest BCUT2D eigenvalue weighted by Crippen LogP contribution is -2.32. The van der Waals surface area contributed by atoms with E-state index in [-0.39, 0.29) is 11.9 Å². The highest BCUT2D eigenvalue weighted by Gasteiger charge is 2.23. The maximum absolute atomic E-state index is 11.9. The predicted molar refractivity (Wildman–Crippen MR) is 71.6 cm³/mol. The van der Waals surface area contributed by atoms with E-state index in [0.29, 0.717) is 5.76 Å². The first-order chi connectivity index (χ1) is 9.13. The second-order valence-electron chi connectivity index (χ2n) is 4.96. The molecule has 1 aliphatic rings. The van der Waals surface area contributed by atoms with Crippen molar-refractivity contribution in [3.05, 3.63) is 23.7 Å². The van der Waals surface area contributed by atoms with Crippen LogP contribution in [0.2, 0.25) is 0 Å². The van der Waals surface area contributed by atoms with Gasteiger partial charge in [-0.1, -0.05) is 6.42 Å². The Labute approximate surface area is 114 Å². The van der Waals surface area contributed by atoms with Gasteiger partial charge in [-0.2, -0.15) is 0 Å². The third-order valence-electron chi connectivity index (χ3n) is 3.75. The van der Waals surface area contributed by atoms with E-state index < -0.39 is 0 Å². The molecular formula is C14H22N2O3. The van der Waals surface area contributed by atoms with E-state index in [1.54, 1.807) is 13.1 Å². The highest BCUT2D eigenvalue weighted by Crippen LogP contribution is 2.25. The number of likely N-dealkylation sites (tertiary alicyclic amines) is 1. The van der Waals surface area contributed by atoms with Crippen molar-refractivity contribution in [1.82, 2.24) is 9.96 Å². The van der Waals surface area contributed by atoms with Crippen molar-refractivity contribution in [1.29, 1.82) is 0 Å². The molecule has 0 saturated carbocycles. The topological polar surface area (TPSA) is 45.9 Å². The van der Waals surface area contributed by atoms with Crippen LogP contribution in [0.4, 0.5) is 0 Å². The zero-order valence-electron chi connectivity index (χ0n) is 11.9. The zero-order valence-corrected chi connectivity index (χ0v) is 11.9. The number of rotatable bonds is 4. The summed E-state index contributed by atoms with van der Waals surface area (Å²) in [7, 11) is 3.02. The molecule has 2 rings (SSSR count). The molecular weight excluding hydrogens is 244 g/mol. The highest BCUT2D eigenvalue weighted by molar-refractivity contribution is 5.90. The Kier molecular flexibility index (Phi) is 4.61. The van der Waals surface area contributed by atoms with E-state index in [9.17, 15) is 4.79 Å². The van der Waals surface area contributed by atoms with Gasteiger partial charge in [-0.25, -0.2) is 5.06 Å². The van der Waals surface area contributed by atoms with Crippen molar-refractivity contribution in [2.75, 3.05) is 27.2 Å². The van der Waals surface area contributed by atoms with Gasteiger partial charge in [0.25, 0.3) is 0 Å². The number of piperidine rings is 1. The van der Waals surface area contributed by atoms with Gasteiger partial charge in [0.15, 0.2) is 5.76 Å². The number of nitrogens with zero attached hydrogens (tertiary/aromatic N) is 2. The number of carbonyl (C=O) groups excluding carboxylic acids is 1. The lowest BCUT2D eigenvalue weighted by Gasteiger charge is -2.31. The Morgan fingerprint density at radius 1 is 1.37 bits per heavy atom. The van der Waals surface area contributed by atoms with Crippen LogP contribution in [-0.2, 0) is 4.84 Å². The third-order valence-corrected chi connectivity index (χ3v) is 3.75. The van der Waals surface area contributed by atoms with Gasteiger partial charge < -0.3 is 4.42 Å². The van der Waals surface area contributed by atoms with Crippen LogP contribution in [0.5, 0.6) is 0 Å². The number of furan rings is 1. The van der Waals surface area contributed by atoms with E-state index in [4.69, 9.17) is 9.25 Å². The van der Waals surface area contributed by atoms with E-state index in [1.165, 1.54) is 26.4 Å². The van der Waals surface area contributed by atoms with Gasteiger partial charge in [0.2, 0.25) is 0 Å². The van der Waals surface area contributed by atoms with E-state index in [2.05, 4.69) is 11.8 Å². The summed E-state index contributed by atoms with van der Waals surface area (Å²) < 4.78 is 5.67. The van der Waals surface area contributed by atoms with Crippen LogP contribution in [0.25, 0.3) is 0 Å². The highest BCUT2D eigenvalue weighted by atomic mass is 16.7. The molecule has 5 nitrogen and oxygen atoms in total. The largest absolute Gasteiger partial charge is 0.454 e. The number of amides is 1. The second kappa shape index (κ2) is 6.21. The standard InChI is InChI=1S/C14H22N2O3/c1-11(16-9-5-4-6-10-16)12-7-8-13(19-12)14(17)15(2)18-3/h7-8,11H,4-6,9-10H2,1-3H3. The maximum atomic E-state index is 11.9. The van der Waals surface area contributed by atoms with Crippen molar-refractivity contribution in [3.8, 4) is 0 Å². The van der Waals surface area contributed by atoms with Crippen molar-refractivity contribution in [3.63, 3.8) is 0 Å². The minimum Gasteiger partial charge on any atom is -0.454 e. The molecule has 106 valence electrons. The zero-order chi connectivity index (χ0) is 13.8. The fraction of sp³-hybridized carbons (Fsp3) is 0.643. The van der Waals surface area contributed by atoms with Crippen LogP contribution in [-0.4, -0.2) is 43.1 Å². The number of hydrogen-bond acceptors (Lipinski definition) is 4. The Bertz CT molecular complexity index is 424. The van der Waals surface area contributed by atoms with Gasteiger partial charge in [-0.3, -0.25) is 14.5 Å². The predicted octanol–water partition coefficient (Wildman–Crippen LogP) is 2.46. The average molecular weight is 266 g/mol. The molecule has 19 heavy (non-hydrogen) atoms. The van der Waals surface area contributed by atoms with Crippen LogP contribution in [0.3, 0.4) is 0 Å². The van der Waals surface area contributed by atoms with Crippen molar-refractivity contribution >= 4 is 5.91 Å². The Morgan fingerprint density at radius 2 is 2.05 bits per heavy atom. The second-order valence-corrected chi connectivity index (χ2v) is 4.96.